The first-order valence-corrected chi connectivity index (χ1v) is 7.94. The average molecular weight is 376 g/mol. The first-order valence-electron chi connectivity index (χ1n) is 7.16. The zero-order chi connectivity index (χ0) is 18.4. The number of thiocarbonyl (C=S) groups is 1. The van der Waals surface area contributed by atoms with E-state index in [4.69, 9.17) is 23.8 Å². The van der Waals surface area contributed by atoms with Gasteiger partial charge < -0.3 is 5.32 Å². The van der Waals surface area contributed by atoms with Crippen LogP contribution in [-0.2, 0) is 4.79 Å². The molecule has 128 valence electrons. The summed E-state index contributed by atoms with van der Waals surface area (Å²) in [5.41, 5.74) is 1.89. The lowest BCUT2D eigenvalue weighted by Gasteiger charge is -2.08. The summed E-state index contributed by atoms with van der Waals surface area (Å²) in [6.45, 7) is 1.97. The van der Waals surface area contributed by atoms with Crippen molar-refractivity contribution in [3.05, 3.63) is 74.8 Å². The molecule has 25 heavy (non-hydrogen) atoms. The Hall–Kier alpha value is -2.77. The number of carbonyl (C=O) groups is 1. The lowest BCUT2D eigenvalue weighted by Crippen LogP contribution is -2.33. The first-order chi connectivity index (χ1) is 11.8. The number of nitro groups is 1. The van der Waals surface area contributed by atoms with Gasteiger partial charge in [-0.3, -0.25) is 20.2 Å². The van der Waals surface area contributed by atoms with Gasteiger partial charge >= 0.3 is 0 Å². The van der Waals surface area contributed by atoms with Crippen LogP contribution in [0, 0.1) is 17.0 Å². The summed E-state index contributed by atoms with van der Waals surface area (Å²) in [4.78, 5) is 22.3. The number of hydrogen-bond acceptors (Lipinski definition) is 4. The highest BCUT2D eigenvalue weighted by molar-refractivity contribution is 7.80. The second-order valence-electron chi connectivity index (χ2n) is 5.11. The molecule has 6 nitrogen and oxygen atoms in total. The van der Waals surface area contributed by atoms with Gasteiger partial charge in [0.15, 0.2) is 5.11 Å². The Morgan fingerprint density at radius 3 is 2.56 bits per heavy atom. The predicted octanol–water partition coefficient (Wildman–Crippen LogP) is 4.08. The van der Waals surface area contributed by atoms with Crippen LogP contribution in [0.4, 0.5) is 11.4 Å². The smallest absolute Gasteiger partial charge is 0.294 e. The number of nitrogens with zero attached hydrogens (tertiary/aromatic N) is 1. The molecule has 0 aliphatic carbocycles. The van der Waals surface area contributed by atoms with Gasteiger partial charge in [-0.15, -0.1) is 0 Å². The van der Waals surface area contributed by atoms with E-state index >= 15 is 0 Å². The number of hydrogen-bond donors (Lipinski definition) is 2. The number of rotatable bonds is 4. The molecule has 2 N–H and O–H groups in total. The third kappa shape index (κ3) is 5.66. The molecule has 0 aromatic heterocycles. The van der Waals surface area contributed by atoms with Crippen molar-refractivity contribution in [2.75, 3.05) is 5.32 Å². The Bertz CT molecular complexity index is 851. The highest BCUT2D eigenvalue weighted by Gasteiger charge is 2.15. The second kappa shape index (κ2) is 8.36. The standard InChI is InChI=1S/C17H14ClN3O3S/c1-11-2-4-12(5-3-11)6-9-16(22)20-17(25)19-14-8-7-13(18)10-15(14)21(23)24/h2-10H,1H3,(H2,19,20,22,25)/b9-6+. The van der Waals surface area contributed by atoms with E-state index in [-0.39, 0.29) is 21.5 Å². The Morgan fingerprint density at radius 1 is 1.24 bits per heavy atom. The van der Waals surface area contributed by atoms with Gasteiger partial charge in [0.05, 0.1) is 4.92 Å². The number of carbonyl (C=O) groups excluding carboxylic acids is 1. The van der Waals surface area contributed by atoms with Crippen LogP contribution >= 0.6 is 23.8 Å². The van der Waals surface area contributed by atoms with Gasteiger partial charge in [-0.2, -0.15) is 0 Å². The van der Waals surface area contributed by atoms with E-state index in [1.807, 2.05) is 31.2 Å². The second-order valence-corrected chi connectivity index (χ2v) is 5.95. The van der Waals surface area contributed by atoms with Crippen LogP contribution in [0.25, 0.3) is 6.08 Å². The normalized spacial score (nSPS) is 10.5. The fourth-order valence-corrected chi connectivity index (χ4v) is 2.30. The van der Waals surface area contributed by atoms with Crippen molar-refractivity contribution in [1.29, 1.82) is 0 Å². The molecule has 0 radical (unpaired) electrons. The van der Waals surface area contributed by atoms with Gasteiger partial charge in [-0.25, -0.2) is 0 Å². The SMILES string of the molecule is Cc1ccc(/C=C/C(=O)NC(=S)Nc2ccc(Cl)cc2[N+](=O)[O-])cc1. The Morgan fingerprint density at radius 2 is 1.92 bits per heavy atom. The molecule has 2 rings (SSSR count). The molecule has 0 fully saturated rings. The van der Waals surface area contributed by atoms with Crippen molar-refractivity contribution in [2.45, 2.75) is 6.92 Å². The molecule has 1 amide bonds. The Labute approximate surface area is 154 Å². The summed E-state index contributed by atoms with van der Waals surface area (Å²) in [7, 11) is 0. The lowest BCUT2D eigenvalue weighted by molar-refractivity contribution is -0.383. The monoisotopic (exact) mass is 375 g/mol. The minimum Gasteiger partial charge on any atom is -0.327 e. The zero-order valence-electron chi connectivity index (χ0n) is 13.2. The number of aryl methyl sites for hydroxylation is 1. The molecular weight excluding hydrogens is 362 g/mol. The van der Waals surface area contributed by atoms with Gasteiger partial charge in [-0.05, 0) is 42.9 Å². The average Bonchev–Trinajstić information content (AvgIpc) is 2.55. The van der Waals surface area contributed by atoms with Crippen LogP contribution in [0.1, 0.15) is 11.1 Å². The minimum atomic E-state index is -0.587. The molecule has 0 aliphatic rings. The number of anilines is 1. The number of benzene rings is 2. The summed E-state index contributed by atoms with van der Waals surface area (Å²) >= 11 is 10.8. The maximum absolute atomic E-state index is 11.9. The Kier molecular flexibility index (Phi) is 6.21. The van der Waals surface area contributed by atoms with Gasteiger partial charge in [0.2, 0.25) is 5.91 Å². The van der Waals surface area contributed by atoms with E-state index in [1.165, 1.54) is 24.3 Å². The summed E-state index contributed by atoms with van der Waals surface area (Å²) in [5, 5.41) is 16.3. The predicted molar refractivity (Wildman–Crippen MR) is 103 cm³/mol. The minimum absolute atomic E-state index is 0.0519. The van der Waals surface area contributed by atoms with Crippen LogP contribution in [0.2, 0.25) is 5.02 Å². The maximum atomic E-state index is 11.9. The molecule has 0 saturated heterocycles. The van der Waals surface area contributed by atoms with Crippen molar-refractivity contribution in [2.24, 2.45) is 0 Å². The van der Waals surface area contributed by atoms with Crippen LogP contribution in [0.15, 0.2) is 48.5 Å². The van der Waals surface area contributed by atoms with Gasteiger partial charge in [0, 0.05) is 17.2 Å². The number of halogens is 1. The summed E-state index contributed by atoms with van der Waals surface area (Å²) in [6, 6.07) is 11.7. The first kappa shape index (κ1) is 18.6. The largest absolute Gasteiger partial charge is 0.327 e. The maximum Gasteiger partial charge on any atom is 0.294 e. The van der Waals surface area contributed by atoms with Gasteiger partial charge in [0.1, 0.15) is 5.69 Å². The molecule has 0 heterocycles. The van der Waals surface area contributed by atoms with E-state index in [1.54, 1.807) is 6.08 Å². The van der Waals surface area contributed by atoms with E-state index < -0.39 is 10.8 Å². The molecule has 0 aliphatic heterocycles. The number of amides is 1. The molecule has 0 bridgehead atoms. The fourth-order valence-electron chi connectivity index (χ4n) is 1.92. The quantitative estimate of drug-likeness (QED) is 0.364. The summed E-state index contributed by atoms with van der Waals surface area (Å²) < 4.78 is 0. The molecule has 0 atom stereocenters. The van der Waals surface area contributed by atoms with Gasteiger partial charge in [0.25, 0.3) is 5.69 Å². The van der Waals surface area contributed by atoms with E-state index in [0.717, 1.165) is 11.1 Å². The highest BCUT2D eigenvalue weighted by atomic mass is 35.5. The third-order valence-electron chi connectivity index (χ3n) is 3.15. The van der Waals surface area contributed by atoms with Crippen LogP contribution in [0.3, 0.4) is 0 Å². The molecule has 0 unspecified atom stereocenters. The summed E-state index contributed by atoms with van der Waals surface area (Å²) in [5.74, 6) is -0.449. The van der Waals surface area contributed by atoms with Gasteiger partial charge in [-0.1, -0.05) is 41.4 Å². The zero-order valence-corrected chi connectivity index (χ0v) is 14.7. The van der Waals surface area contributed by atoms with Crippen molar-refractivity contribution < 1.29 is 9.72 Å². The molecule has 0 saturated carbocycles. The lowest BCUT2D eigenvalue weighted by atomic mass is 10.1. The van der Waals surface area contributed by atoms with E-state index in [2.05, 4.69) is 10.6 Å². The molecular formula is C17H14ClN3O3S. The highest BCUT2D eigenvalue weighted by Crippen LogP contribution is 2.27. The molecule has 8 heteroatoms. The fraction of sp³-hybridized carbons (Fsp3) is 0.0588. The van der Waals surface area contributed by atoms with Crippen molar-refractivity contribution in [3.8, 4) is 0 Å². The van der Waals surface area contributed by atoms with Crippen molar-refractivity contribution in [3.63, 3.8) is 0 Å². The number of nitro benzene ring substituents is 1. The summed E-state index contributed by atoms with van der Waals surface area (Å²) in [6.07, 6.45) is 2.97. The molecule has 0 spiro atoms. The number of nitrogens with one attached hydrogen (secondary N) is 2. The molecule has 2 aromatic rings. The van der Waals surface area contributed by atoms with E-state index in [9.17, 15) is 14.9 Å². The molecule has 2 aromatic carbocycles. The van der Waals surface area contributed by atoms with Crippen LogP contribution in [0.5, 0.6) is 0 Å². The van der Waals surface area contributed by atoms with Crippen LogP contribution < -0.4 is 10.6 Å². The topological polar surface area (TPSA) is 84.3 Å². The van der Waals surface area contributed by atoms with Crippen molar-refractivity contribution >= 4 is 52.3 Å². The van der Waals surface area contributed by atoms with E-state index in [0.29, 0.717) is 0 Å². The third-order valence-corrected chi connectivity index (χ3v) is 3.59. The van der Waals surface area contributed by atoms with Crippen molar-refractivity contribution in [1.82, 2.24) is 5.32 Å². The van der Waals surface area contributed by atoms with Crippen LogP contribution in [-0.4, -0.2) is 15.9 Å². The Balaban J connectivity index is 1.99.